The third kappa shape index (κ3) is 4.35. The van der Waals surface area contributed by atoms with E-state index in [2.05, 4.69) is 64.7 Å². The molecule has 0 aliphatic carbocycles. The second-order valence-corrected chi connectivity index (χ2v) is 16.1. The number of nitrogens with zero attached hydrogens (tertiary/aromatic N) is 1. The minimum absolute atomic E-state index is 0.00486. The molecule has 35 heavy (non-hydrogen) atoms. The summed E-state index contributed by atoms with van der Waals surface area (Å²) in [5.41, 5.74) is 8.11. The Bertz CT molecular complexity index is 1540. The molecule has 0 saturated carbocycles. The molecular weight excluding hydrogens is 480 g/mol. The van der Waals surface area contributed by atoms with Crippen molar-refractivity contribution in [2.75, 3.05) is 11.5 Å². The molecule has 3 aliphatic heterocycles. The lowest BCUT2D eigenvalue weighted by atomic mass is 9.78. The fourth-order valence-electron chi connectivity index (χ4n) is 5.02. The number of aliphatic imine (C=N–C) groups is 1. The summed E-state index contributed by atoms with van der Waals surface area (Å²) in [6, 6.07) is 6.52. The van der Waals surface area contributed by atoms with Gasteiger partial charge in [0.15, 0.2) is 19.7 Å². The normalized spacial score (nSPS) is 22.0. The molecule has 2 aromatic rings. The van der Waals surface area contributed by atoms with Crippen molar-refractivity contribution in [3.63, 3.8) is 0 Å². The van der Waals surface area contributed by atoms with Gasteiger partial charge in [0.25, 0.3) is 0 Å². The molecule has 3 aliphatic rings. The Hall–Kier alpha value is -2.45. The molecule has 1 N–H and O–H groups in total. The molecule has 6 nitrogen and oxygen atoms in total. The van der Waals surface area contributed by atoms with E-state index in [1.165, 1.54) is 0 Å². The lowest BCUT2D eigenvalue weighted by Crippen LogP contribution is -2.17. The smallest absolute Gasteiger partial charge is 0.158 e. The number of aromatic nitrogens is 1. The number of rotatable bonds is 2. The van der Waals surface area contributed by atoms with Gasteiger partial charge in [0.1, 0.15) is 0 Å². The van der Waals surface area contributed by atoms with Gasteiger partial charge in [-0.2, -0.15) is 0 Å². The summed E-state index contributed by atoms with van der Waals surface area (Å²) in [7, 11) is -6.43. The Morgan fingerprint density at radius 1 is 0.829 bits per heavy atom. The largest absolute Gasteiger partial charge is 0.361 e. The van der Waals surface area contributed by atoms with Crippen LogP contribution in [0.2, 0.25) is 0 Å². The molecule has 0 amide bonds. The summed E-state index contributed by atoms with van der Waals surface area (Å²) in [6.07, 6.45) is 3.43. The monoisotopic (exact) mass is 512 g/mol. The first-order valence-electron chi connectivity index (χ1n) is 11.8. The van der Waals surface area contributed by atoms with Crippen molar-refractivity contribution in [2.24, 2.45) is 4.99 Å². The van der Waals surface area contributed by atoms with Gasteiger partial charge < -0.3 is 4.98 Å². The summed E-state index contributed by atoms with van der Waals surface area (Å²) in [6.45, 7) is 13.0. The summed E-state index contributed by atoms with van der Waals surface area (Å²) in [4.78, 5) is 8.05. The number of aromatic amines is 1. The van der Waals surface area contributed by atoms with E-state index in [4.69, 9.17) is 4.99 Å². The zero-order valence-electron chi connectivity index (χ0n) is 21.1. The van der Waals surface area contributed by atoms with Gasteiger partial charge in [0, 0.05) is 18.0 Å². The van der Waals surface area contributed by atoms with E-state index in [9.17, 15) is 16.8 Å². The van der Waals surface area contributed by atoms with Crippen LogP contribution in [-0.2, 0) is 42.0 Å². The number of sulfone groups is 2. The van der Waals surface area contributed by atoms with Gasteiger partial charge in [-0.15, -0.1) is 0 Å². The second-order valence-electron chi connectivity index (χ2n) is 12.0. The topological polar surface area (TPSA) is 96.4 Å². The third-order valence-electron chi connectivity index (χ3n) is 7.02. The summed E-state index contributed by atoms with van der Waals surface area (Å²) in [5, 5.41) is 0. The lowest BCUT2D eigenvalue weighted by molar-refractivity contribution is 0.568. The molecule has 8 heteroatoms. The lowest BCUT2D eigenvalue weighted by Gasteiger charge is -2.27. The standard InChI is InChI=1S/C27H32N2O4S2/c1-26(2,3)19-7-16(8-20(9-19)27(4,5)6)23(24-21-14-34(30,31)12-17(21)10-28-24)25-22-15-35(32,33)13-18(22)11-29-25/h7-11,28H,12-15H2,1-6H3/b25-23+. The van der Waals surface area contributed by atoms with Crippen LogP contribution in [0.15, 0.2) is 46.2 Å². The predicted molar refractivity (Wildman–Crippen MR) is 141 cm³/mol. The Morgan fingerprint density at radius 2 is 1.43 bits per heavy atom. The highest BCUT2D eigenvalue weighted by molar-refractivity contribution is 7.92. The highest BCUT2D eigenvalue weighted by atomic mass is 32.2. The van der Waals surface area contributed by atoms with E-state index in [0.29, 0.717) is 5.70 Å². The van der Waals surface area contributed by atoms with Crippen LogP contribution in [0.1, 0.15) is 75.1 Å². The molecule has 1 aromatic heterocycles. The number of hydrogen-bond donors (Lipinski definition) is 1. The summed E-state index contributed by atoms with van der Waals surface area (Å²) < 4.78 is 49.9. The van der Waals surface area contributed by atoms with E-state index in [-0.39, 0.29) is 33.8 Å². The zero-order chi connectivity index (χ0) is 25.6. The van der Waals surface area contributed by atoms with E-state index in [1.54, 1.807) is 12.4 Å². The molecule has 0 fully saturated rings. The van der Waals surface area contributed by atoms with Crippen LogP contribution in [0.4, 0.5) is 0 Å². The number of fused-ring (bicyclic) bond motifs is 1. The molecule has 5 rings (SSSR count). The first-order chi connectivity index (χ1) is 16.0. The Morgan fingerprint density at radius 3 is 2.03 bits per heavy atom. The number of allylic oxidation sites excluding steroid dienone is 1. The summed E-state index contributed by atoms with van der Waals surface area (Å²) in [5.74, 6) is -0.0676. The first-order valence-corrected chi connectivity index (χ1v) is 15.5. The summed E-state index contributed by atoms with van der Waals surface area (Å²) >= 11 is 0. The maximum absolute atomic E-state index is 12.5. The Labute approximate surface area is 208 Å². The highest BCUT2D eigenvalue weighted by Crippen LogP contribution is 2.43. The van der Waals surface area contributed by atoms with Crippen molar-refractivity contribution in [2.45, 2.75) is 63.9 Å². The number of hydrogen-bond acceptors (Lipinski definition) is 5. The molecule has 186 valence electrons. The van der Waals surface area contributed by atoms with Crippen LogP contribution in [0.3, 0.4) is 0 Å². The fraction of sp³-hybridized carbons (Fsp3) is 0.444. The van der Waals surface area contributed by atoms with Crippen LogP contribution in [0, 0.1) is 0 Å². The molecule has 0 saturated heterocycles. The fourth-order valence-corrected chi connectivity index (χ4v) is 8.20. The van der Waals surface area contributed by atoms with Gasteiger partial charge in [0.05, 0.1) is 34.4 Å². The molecule has 0 radical (unpaired) electrons. The molecular formula is C27H32N2O4S2. The Balaban J connectivity index is 1.83. The third-order valence-corrected chi connectivity index (χ3v) is 9.98. The van der Waals surface area contributed by atoms with Crippen molar-refractivity contribution in [3.8, 4) is 0 Å². The molecule has 0 atom stereocenters. The van der Waals surface area contributed by atoms with Crippen molar-refractivity contribution in [1.29, 1.82) is 0 Å². The van der Waals surface area contributed by atoms with Crippen LogP contribution in [0.5, 0.6) is 0 Å². The van der Waals surface area contributed by atoms with E-state index >= 15 is 0 Å². The van der Waals surface area contributed by atoms with Gasteiger partial charge >= 0.3 is 0 Å². The van der Waals surface area contributed by atoms with Gasteiger partial charge in [-0.25, -0.2) is 16.8 Å². The number of benzene rings is 1. The SMILES string of the molecule is CC(C)(C)c1cc(/C(=C2\N=CC3=C2CS(=O)(=O)C3)c2[nH]cc3c2CS(=O)(=O)C3)cc(C(C)(C)C)c1. The molecule has 4 heterocycles. The molecule has 1 aromatic carbocycles. The van der Waals surface area contributed by atoms with Crippen LogP contribution < -0.4 is 0 Å². The maximum atomic E-state index is 12.5. The van der Waals surface area contributed by atoms with Gasteiger partial charge in [0.2, 0.25) is 0 Å². The average molecular weight is 513 g/mol. The van der Waals surface area contributed by atoms with Crippen LogP contribution >= 0.6 is 0 Å². The van der Waals surface area contributed by atoms with Gasteiger partial charge in [-0.3, -0.25) is 4.99 Å². The molecule has 0 unspecified atom stereocenters. The van der Waals surface area contributed by atoms with Crippen LogP contribution in [-0.4, -0.2) is 39.5 Å². The van der Waals surface area contributed by atoms with Crippen LogP contribution in [0.25, 0.3) is 5.57 Å². The van der Waals surface area contributed by atoms with Crippen molar-refractivity contribution < 1.29 is 16.8 Å². The quantitative estimate of drug-likeness (QED) is 0.636. The molecule has 0 spiro atoms. The van der Waals surface area contributed by atoms with E-state index in [0.717, 1.165) is 50.2 Å². The minimum atomic E-state index is -3.22. The number of H-pyrrole nitrogens is 1. The molecule has 0 bridgehead atoms. The van der Waals surface area contributed by atoms with E-state index < -0.39 is 19.7 Å². The second kappa shape index (κ2) is 7.53. The van der Waals surface area contributed by atoms with Crippen molar-refractivity contribution in [3.05, 3.63) is 74.8 Å². The van der Waals surface area contributed by atoms with Crippen molar-refractivity contribution >= 4 is 31.5 Å². The number of nitrogens with one attached hydrogen (secondary N) is 1. The van der Waals surface area contributed by atoms with E-state index in [1.807, 2.05) is 0 Å². The highest BCUT2D eigenvalue weighted by Gasteiger charge is 2.36. The zero-order valence-corrected chi connectivity index (χ0v) is 22.7. The van der Waals surface area contributed by atoms with Crippen molar-refractivity contribution in [1.82, 2.24) is 4.98 Å². The first kappa shape index (κ1) is 24.3. The maximum Gasteiger partial charge on any atom is 0.158 e. The predicted octanol–water partition coefficient (Wildman–Crippen LogP) is 4.61. The minimum Gasteiger partial charge on any atom is -0.361 e. The van der Waals surface area contributed by atoms with Gasteiger partial charge in [-0.1, -0.05) is 59.7 Å². The Kier molecular flexibility index (Phi) is 5.22. The van der Waals surface area contributed by atoms with Gasteiger partial charge in [-0.05, 0) is 49.8 Å². The average Bonchev–Trinajstić information content (AvgIpc) is 3.40.